The van der Waals surface area contributed by atoms with Gasteiger partial charge in [0.25, 0.3) is 0 Å². The first kappa shape index (κ1) is 13.8. The summed E-state index contributed by atoms with van der Waals surface area (Å²) in [4.78, 5) is 35.5. The van der Waals surface area contributed by atoms with Gasteiger partial charge in [0.15, 0.2) is 0 Å². The fourth-order valence-electron chi connectivity index (χ4n) is 2.81. The molecule has 0 spiro atoms. The Kier molecular flexibility index (Phi) is 3.72. The van der Waals surface area contributed by atoms with Gasteiger partial charge in [-0.15, -0.1) is 0 Å². The zero-order valence-electron chi connectivity index (χ0n) is 11.7. The number of aliphatic carboxylic acids is 1. The predicted molar refractivity (Wildman–Crippen MR) is 74.8 cm³/mol. The predicted octanol–water partition coefficient (Wildman–Crippen LogP) is 0.521. The number of carbonyl (C=O) groups is 2. The molecule has 2 aliphatic rings. The van der Waals surface area contributed by atoms with E-state index in [1.807, 2.05) is 4.90 Å². The van der Waals surface area contributed by atoms with Crippen molar-refractivity contribution in [1.82, 2.24) is 14.9 Å². The van der Waals surface area contributed by atoms with Gasteiger partial charge in [-0.1, -0.05) is 0 Å². The second-order valence-electron chi connectivity index (χ2n) is 5.49. The molecular weight excluding hydrogens is 272 g/mol. The summed E-state index contributed by atoms with van der Waals surface area (Å²) in [6.07, 6.45) is 6.71. The zero-order valence-corrected chi connectivity index (χ0v) is 11.7. The summed E-state index contributed by atoms with van der Waals surface area (Å²) < 4.78 is 0. The Balaban J connectivity index is 1.77. The Morgan fingerprint density at radius 2 is 2.00 bits per heavy atom. The molecule has 112 valence electrons. The highest BCUT2D eigenvalue weighted by atomic mass is 16.4. The maximum Gasteiger partial charge on any atom is 0.323 e. The molecule has 1 N–H and O–H groups in total. The number of hydrogen-bond acceptors (Lipinski definition) is 5. The average molecular weight is 290 g/mol. The molecule has 21 heavy (non-hydrogen) atoms. The van der Waals surface area contributed by atoms with Crippen LogP contribution in [0.25, 0.3) is 0 Å². The third-order valence-electron chi connectivity index (χ3n) is 3.92. The molecule has 1 saturated carbocycles. The fourth-order valence-corrected chi connectivity index (χ4v) is 2.81. The van der Waals surface area contributed by atoms with E-state index in [4.69, 9.17) is 5.11 Å². The largest absolute Gasteiger partial charge is 0.480 e. The molecule has 3 rings (SSSR count). The standard InChI is InChI=1S/C14H18N4O3/c19-12(20)9-18(10-4-5-10)13(21)11-3-1-8-17(11)14-15-6-2-7-16-14/h2,6-7,10-11H,1,3-5,8-9H2,(H,19,20). The van der Waals surface area contributed by atoms with E-state index in [1.54, 1.807) is 18.5 Å². The van der Waals surface area contributed by atoms with Crippen LogP contribution >= 0.6 is 0 Å². The van der Waals surface area contributed by atoms with Crippen molar-refractivity contribution in [1.29, 1.82) is 0 Å². The molecule has 0 radical (unpaired) electrons. The summed E-state index contributed by atoms with van der Waals surface area (Å²) in [6.45, 7) is 0.509. The van der Waals surface area contributed by atoms with Gasteiger partial charge in [0.05, 0.1) is 0 Å². The number of nitrogens with zero attached hydrogens (tertiary/aromatic N) is 4. The molecule has 1 aromatic rings. The first-order valence-electron chi connectivity index (χ1n) is 7.23. The molecular formula is C14H18N4O3. The smallest absolute Gasteiger partial charge is 0.323 e. The van der Waals surface area contributed by atoms with Crippen LogP contribution in [0.2, 0.25) is 0 Å². The molecule has 2 fully saturated rings. The van der Waals surface area contributed by atoms with E-state index in [0.29, 0.717) is 5.95 Å². The van der Waals surface area contributed by atoms with Crippen LogP contribution in [0.1, 0.15) is 25.7 Å². The summed E-state index contributed by atoms with van der Waals surface area (Å²) in [6, 6.07) is 1.48. The first-order valence-corrected chi connectivity index (χ1v) is 7.23. The van der Waals surface area contributed by atoms with Crippen LogP contribution in [0.3, 0.4) is 0 Å². The van der Waals surface area contributed by atoms with Crippen molar-refractivity contribution in [3.05, 3.63) is 18.5 Å². The van der Waals surface area contributed by atoms with Crippen molar-refractivity contribution in [3.63, 3.8) is 0 Å². The van der Waals surface area contributed by atoms with Crippen LogP contribution in [0.4, 0.5) is 5.95 Å². The van der Waals surface area contributed by atoms with Crippen LogP contribution in [-0.2, 0) is 9.59 Å². The van der Waals surface area contributed by atoms with E-state index in [9.17, 15) is 9.59 Å². The van der Waals surface area contributed by atoms with Gasteiger partial charge in [-0.05, 0) is 31.7 Å². The average Bonchev–Trinajstić information content (AvgIpc) is 3.21. The molecule has 1 unspecified atom stereocenters. The van der Waals surface area contributed by atoms with E-state index < -0.39 is 5.97 Å². The number of carboxylic acids is 1. The monoisotopic (exact) mass is 290 g/mol. The SMILES string of the molecule is O=C(O)CN(C(=O)C1CCCN1c1ncccn1)C1CC1. The quantitative estimate of drug-likeness (QED) is 0.851. The third kappa shape index (κ3) is 2.96. The van der Waals surface area contributed by atoms with E-state index in [2.05, 4.69) is 9.97 Å². The number of anilines is 1. The van der Waals surface area contributed by atoms with Crippen LogP contribution in [0, 0.1) is 0 Å². The topological polar surface area (TPSA) is 86.6 Å². The lowest BCUT2D eigenvalue weighted by molar-refractivity contribution is -0.145. The fraction of sp³-hybridized carbons (Fsp3) is 0.571. The molecule has 1 saturated heterocycles. The lowest BCUT2D eigenvalue weighted by Crippen LogP contribution is -2.48. The van der Waals surface area contributed by atoms with Gasteiger partial charge in [0.2, 0.25) is 11.9 Å². The van der Waals surface area contributed by atoms with Crippen LogP contribution in [-0.4, -0.2) is 57.0 Å². The summed E-state index contributed by atoms with van der Waals surface area (Å²) in [5.74, 6) is -0.528. The zero-order chi connectivity index (χ0) is 14.8. The van der Waals surface area contributed by atoms with Gasteiger partial charge < -0.3 is 14.9 Å². The highest BCUT2D eigenvalue weighted by Gasteiger charge is 2.41. The molecule has 1 aliphatic heterocycles. The van der Waals surface area contributed by atoms with Crippen molar-refractivity contribution in [3.8, 4) is 0 Å². The van der Waals surface area contributed by atoms with E-state index in [-0.39, 0.29) is 24.5 Å². The Morgan fingerprint density at radius 3 is 2.62 bits per heavy atom. The maximum absolute atomic E-state index is 12.7. The number of carbonyl (C=O) groups excluding carboxylic acids is 1. The molecule has 1 atom stereocenters. The molecule has 1 aromatic heterocycles. The van der Waals surface area contributed by atoms with Gasteiger partial charge in [-0.3, -0.25) is 9.59 Å². The maximum atomic E-state index is 12.7. The number of carboxylic acid groups (broad SMARTS) is 1. The summed E-state index contributed by atoms with van der Waals surface area (Å²) in [5, 5.41) is 9.00. The highest BCUT2D eigenvalue weighted by molar-refractivity contribution is 5.88. The molecule has 7 nitrogen and oxygen atoms in total. The summed E-state index contributed by atoms with van der Waals surface area (Å²) in [7, 11) is 0. The van der Waals surface area contributed by atoms with Gasteiger partial charge in [-0.2, -0.15) is 0 Å². The number of aromatic nitrogens is 2. The van der Waals surface area contributed by atoms with E-state index in [1.165, 1.54) is 4.90 Å². The Hall–Kier alpha value is -2.18. The Morgan fingerprint density at radius 1 is 1.29 bits per heavy atom. The molecule has 1 amide bonds. The minimum absolute atomic E-state index is 0.0905. The number of rotatable bonds is 5. The van der Waals surface area contributed by atoms with Crippen molar-refractivity contribution in [2.45, 2.75) is 37.8 Å². The summed E-state index contributed by atoms with van der Waals surface area (Å²) >= 11 is 0. The lowest BCUT2D eigenvalue weighted by Gasteiger charge is -2.29. The second-order valence-corrected chi connectivity index (χ2v) is 5.49. The minimum Gasteiger partial charge on any atom is -0.480 e. The number of hydrogen-bond donors (Lipinski definition) is 1. The van der Waals surface area contributed by atoms with E-state index >= 15 is 0 Å². The Bertz CT molecular complexity index is 532. The van der Waals surface area contributed by atoms with Crippen molar-refractivity contribution >= 4 is 17.8 Å². The first-order chi connectivity index (χ1) is 10.2. The van der Waals surface area contributed by atoms with Crippen LogP contribution < -0.4 is 4.90 Å². The van der Waals surface area contributed by atoms with Gasteiger partial charge >= 0.3 is 5.97 Å². The van der Waals surface area contributed by atoms with Crippen molar-refractivity contribution in [2.24, 2.45) is 0 Å². The molecule has 0 aromatic carbocycles. The van der Waals surface area contributed by atoms with Crippen molar-refractivity contribution in [2.75, 3.05) is 18.0 Å². The third-order valence-corrected chi connectivity index (χ3v) is 3.92. The van der Waals surface area contributed by atoms with Crippen molar-refractivity contribution < 1.29 is 14.7 Å². The lowest BCUT2D eigenvalue weighted by atomic mass is 10.2. The van der Waals surface area contributed by atoms with Crippen LogP contribution in [0.5, 0.6) is 0 Å². The second kappa shape index (κ2) is 5.67. The minimum atomic E-state index is -0.962. The normalized spacial score (nSPS) is 21.3. The van der Waals surface area contributed by atoms with Gasteiger partial charge in [-0.25, -0.2) is 9.97 Å². The highest BCUT2D eigenvalue weighted by Crippen LogP contribution is 2.30. The summed E-state index contributed by atoms with van der Waals surface area (Å²) in [5.41, 5.74) is 0. The van der Waals surface area contributed by atoms with Crippen LogP contribution in [0.15, 0.2) is 18.5 Å². The molecule has 0 bridgehead atoms. The molecule has 7 heteroatoms. The van der Waals surface area contributed by atoms with Gasteiger partial charge in [0.1, 0.15) is 12.6 Å². The van der Waals surface area contributed by atoms with E-state index in [0.717, 1.165) is 32.2 Å². The molecule has 1 aliphatic carbocycles. The van der Waals surface area contributed by atoms with Gasteiger partial charge in [0, 0.05) is 25.0 Å². The Labute approximate surface area is 122 Å². The molecule has 2 heterocycles. The number of amides is 1.